The smallest absolute Gasteiger partial charge is 0.250 e. The molecule has 102 valence electrons. The lowest BCUT2D eigenvalue weighted by Crippen LogP contribution is -1.76. The Hall–Kier alpha value is -2.94. The van der Waals surface area contributed by atoms with Crippen LogP contribution >= 0.6 is 0 Å². The van der Waals surface area contributed by atoms with Crippen molar-refractivity contribution in [3.63, 3.8) is 0 Å². The predicted octanol–water partition coefficient (Wildman–Crippen LogP) is 4.41. The van der Waals surface area contributed by atoms with Gasteiger partial charge in [-0.05, 0) is 23.3 Å². The van der Waals surface area contributed by atoms with E-state index in [0.29, 0.717) is 11.7 Å². The van der Waals surface area contributed by atoms with E-state index >= 15 is 0 Å². The number of aromatic nitrogens is 2. The summed E-state index contributed by atoms with van der Waals surface area (Å²) < 4.78 is 5.18. The van der Waals surface area contributed by atoms with Gasteiger partial charge in [0.2, 0.25) is 0 Å². The zero-order valence-corrected chi connectivity index (χ0v) is 11.4. The Labute approximate surface area is 123 Å². The maximum atomic E-state index is 5.18. The molecule has 21 heavy (non-hydrogen) atoms. The first-order chi connectivity index (χ1) is 10.4. The highest BCUT2D eigenvalue weighted by atomic mass is 16.5. The monoisotopic (exact) mass is 274 g/mol. The fourth-order valence-corrected chi connectivity index (χ4v) is 1.85. The highest BCUT2D eigenvalue weighted by molar-refractivity contribution is 5.68. The van der Waals surface area contributed by atoms with E-state index in [2.05, 4.69) is 10.1 Å². The van der Waals surface area contributed by atoms with Crippen molar-refractivity contribution in [2.24, 2.45) is 0 Å². The normalized spacial score (nSPS) is 11.4. The van der Waals surface area contributed by atoms with Crippen LogP contribution in [0.1, 0.15) is 22.8 Å². The Morgan fingerprint density at radius 2 is 1.24 bits per heavy atom. The molecule has 0 aliphatic rings. The van der Waals surface area contributed by atoms with Gasteiger partial charge in [0.05, 0.1) is 0 Å². The fourth-order valence-electron chi connectivity index (χ4n) is 1.85. The van der Waals surface area contributed by atoms with E-state index in [0.717, 1.165) is 11.1 Å². The van der Waals surface area contributed by atoms with Gasteiger partial charge in [-0.3, -0.25) is 0 Å². The van der Waals surface area contributed by atoms with Gasteiger partial charge in [0.25, 0.3) is 5.89 Å². The average Bonchev–Trinajstić information content (AvgIpc) is 3.01. The van der Waals surface area contributed by atoms with Crippen molar-refractivity contribution in [1.82, 2.24) is 10.1 Å². The molecule has 0 fully saturated rings. The molecule has 3 aromatic rings. The van der Waals surface area contributed by atoms with Gasteiger partial charge in [-0.2, -0.15) is 4.98 Å². The summed E-state index contributed by atoms with van der Waals surface area (Å²) in [6.45, 7) is 0. The molecule has 3 nitrogen and oxygen atoms in total. The summed E-state index contributed by atoms with van der Waals surface area (Å²) in [5, 5.41) is 3.92. The van der Waals surface area contributed by atoms with Crippen molar-refractivity contribution in [3.05, 3.63) is 83.5 Å². The third-order valence-electron chi connectivity index (χ3n) is 2.90. The third-order valence-corrected chi connectivity index (χ3v) is 2.90. The van der Waals surface area contributed by atoms with Gasteiger partial charge >= 0.3 is 0 Å². The van der Waals surface area contributed by atoms with Gasteiger partial charge in [0.15, 0.2) is 5.82 Å². The Morgan fingerprint density at radius 3 is 1.86 bits per heavy atom. The summed E-state index contributed by atoms with van der Waals surface area (Å²) in [4.78, 5) is 4.29. The highest BCUT2D eigenvalue weighted by Crippen LogP contribution is 2.09. The first-order valence-electron chi connectivity index (χ1n) is 6.70. The first-order valence-corrected chi connectivity index (χ1v) is 6.70. The van der Waals surface area contributed by atoms with Crippen LogP contribution in [0.2, 0.25) is 0 Å². The summed E-state index contributed by atoms with van der Waals surface area (Å²) in [7, 11) is 0. The SMILES string of the molecule is C(=C\c1noc(/C=C/c2ccccc2)n1)/c1ccccc1. The zero-order chi connectivity index (χ0) is 14.3. The first kappa shape index (κ1) is 13.1. The molecule has 0 radical (unpaired) electrons. The van der Waals surface area contributed by atoms with E-state index in [1.165, 1.54) is 0 Å². The summed E-state index contributed by atoms with van der Waals surface area (Å²) in [6, 6.07) is 20.0. The van der Waals surface area contributed by atoms with E-state index in [-0.39, 0.29) is 0 Å². The molecule has 0 aliphatic carbocycles. The van der Waals surface area contributed by atoms with Gasteiger partial charge in [0.1, 0.15) is 0 Å². The number of hydrogen-bond donors (Lipinski definition) is 0. The van der Waals surface area contributed by atoms with Crippen molar-refractivity contribution in [1.29, 1.82) is 0 Å². The second kappa shape index (κ2) is 6.48. The Balaban J connectivity index is 1.69. The molecule has 0 spiro atoms. The Morgan fingerprint density at radius 1 is 0.667 bits per heavy atom. The minimum atomic E-state index is 0.492. The second-order valence-corrected chi connectivity index (χ2v) is 4.48. The van der Waals surface area contributed by atoms with Gasteiger partial charge in [-0.25, -0.2) is 0 Å². The van der Waals surface area contributed by atoms with Crippen LogP contribution in [0, 0.1) is 0 Å². The van der Waals surface area contributed by atoms with Crippen molar-refractivity contribution >= 4 is 24.3 Å². The Bertz CT molecular complexity index is 679. The topological polar surface area (TPSA) is 38.9 Å². The molecule has 3 heteroatoms. The maximum absolute atomic E-state index is 5.18. The number of hydrogen-bond acceptors (Lipinski definition) is 3. The lowest BCUT2D eigenvalue weighted by molar-refractivity contribution is 0.408. The van der Waals surface area contributed by atoms with Crippen LogP contribution in [0.25, 0.3) is 24.3 Å². The number of nitrogens with zero attached hydrogens (tertiary/aromatic N) is 2. The molecule has 0 unspecified atom stereocenters. The second-order valence-electron chi connectivity index (χ2n) is 4.48. The molecular formula is C18H14N2O. The van der Waals surface area contributed by atoms with Crippen molar-refractivity contribution < 1.29 is 4.52 Å². The van der Waals surface area contributed by atoms with E-state index in [4.69, 9.17) is 4.52 Å². The molecule has 0 aliphatic heterocycles. The lowest BCUT2D eigenvalue weighted by atomic mass is 10.2. The summed E-state index contributed by atoms with van der Waals surface area (Å²) in [5.74, 6) is 1.05. The number of benzene rings is 2. The van der Waals surface area contributed by atoms with E-state index in [9.17, 15) is 0 Å². The van der Waals surface area contributed by atoms with Gasteiger partial charge < -0.3 is 4.52 Å². The molecule has 0 atom stereocenters. The molecular weight excluding hydrogens is 260 g/mol. The van der Waals surface area contributed by atoms with Gasteiger partial charge in [0, 0.05) is 6.08 Å². The standard InChI is InChI=1S/C18H14N2O/c1-3-7-15(8-4-1)11-13-17-19-18(21-20-17)14-12-16-9-5-2-6-10-16/h1-14H/b13-11+,14-12+. The molecule has 1 heterocycles. The molecule has 1 aromatic heterocycles. The fraction of sp³-hybridized carbons (Fsp3) is 0. The molecule has 0 bridgehead atoms. The molecule has 0 amide bonds. The minimum absolute atomic E-state index is 0.492. The maximum Gasteiger partial charge on any atom is 0.250 e. The average molecular weight is 274 g/mol. The van der Waals surface area contributed by atoms with Gasteiger partial charge in [-0.15, -0.1) is 0 Å². The van der Waals surface area contributed by atoms with Crippen molar-refractivity contribution in [2.45, 2.75) is 0 Å². The highest BCUT2D eigenvalue weighted by Gasteiger charge is 1.99. The van der Waals surface area contributed by atoms with E-state index in [1.807, 2.05) is 85.0 Å². The summed E-state index contributed by atoms with van der Waals surface area (Å²) >= 11 is 0. The minimum Gasteiger partial charge on any atom is -0.334 e. The number of rotatable bonds is 4. The van der Waals surface area contributed by atoms with Crippen LogP contribution in [-0.4, -0.2) is 10.1 Å². The third kappa shape index (κ3) is 3.76. The van der Waals surface area contributed by atoms with Gasteiger partial charge in [-0.1, -0.05) is 71.9 Å². The largest absolute Gasteiger partial charge is 0.334 e. The predicted molar refractivity (Wildman–Crippen MR) is 85.0 cm³/mol. The van der Waals surface area contributed by atoms with Crippen LogP contribution in [0.4, 0.5) is 0 Å². The molecule has 0 N–H and O–H groups in total. The van der Waals surface area contributed by atoms with Crippen LogP contribution in [-0.2, 0) is 0 Å². The summed E-state index contributed by atoms with van der Waals surface area (Å²) in [5.41, 5.74) is 2.20. The van der Waals surface area contributed by atoms with E-state index in [1.54, 1.807) is 0 Å². The van der Waals surface area contributed by atoms with Crippen LogP contribution in [0.5, 0.6) is 0 Å². The molecule has 0 saturated heterocycles. The zero-order valence-electron chi connectivity index (χ0n) is 11.4. The van der Waals surface area contributed by atoms with Crippen molar-refractivity contribution in [2.75, 3.05) is 0 Å². The molecule has 3 rings (SSSR count). The summed E-state index contributed by atoms with van der Waals surface area (Å²) in [6.07, 6.45) is 7.54. The van der Waals surface area contributed by atoms with Crippen LogP contribution in [0.15, 0.2) is 65.2 Å². The van der Waals surface area contributed by atoms with E-state index < -0.39 is 0 Å². The lowest BCUT2D eigenvalue weighted by Gasteiger charge is -1.88. The van der Waals surface area contributed by atoms with Crippen LogP contribution < -0.4 is 0 Å². The molecule has 2 aromatic carbocycles. The van der Waals surface area contributed by atoms with Crippen LogP contribution in [0.3, 0.4) is 0 Å². The van der Waals surface area contributed by atoms with Crippen molar-refractivity contribution in [3.8, 4) is 0 Å². The quantitative estimate of drug-likeness (QED) is 0.707. The molecule has 0 saturated carbocycles. The Kier molecular flexibility index (Phi) is 4.03.